The summed E-state index contributed by atoms with van der Waals surface area (Å²) < 4.78 is 5.38. The summed E-state index contributed by atoms with van der Waals surface area (Å²) in [7, 11) is 0. The predicted molar refractivity (Wildman–Crippen MR) is 48.5 cm³/mol. The maximum Gasteiger partial charge on any atom is 0.315 e. The summed E-state index contributed by atoms with van der Waals surface area (Å²) in [5.41, 5.74) is 0. The molecule has 1 atom stereocenters. The first kappa shape index (κ1) is 8.81. The van der Waals surface area contributed by atoms with Crippen molar-refractivity contribution >= 4 is 6.03 Å². The van der Waals surface area contributed by atoms with E-state index in [0.29, 0.717) is 12.6 Å². The molecule has 0 spiro atoms. The third kappa shape index (κ3) is 2.88. The lowest BCUT2D eigenvalue weighted by Crippen LogP contribution is -2.40. The van der Waals surface area contributed by atoms with Crippen LogP contribution in [-0.2, 0) is 4.74 Å². The van der Waals surface area contributed by atoms with Gasteiger partial charge >= 0.3 is 6.03 Å². The second-order valence-electron chi connectivity index (χ2n) is 3.76. The lowest BCUT2D eigenvalue weighted by molar-refractivity contribution is 0.111. The molecule has 1 heterocycles. The quantitative estimate of drug-likeness (QED) is 0.675. The Hall–Kier alpha value is -0.770. The van der Waals surface area contributed by atoms with E-state index in [4.69, 9.17) is 4.74 Å². The highest BCUT2D eigenvalue weighted by Gasteiger charge is 2.23. The van der Waals surface area contributed by atoms with Crippen LogP contribution < -0.4 is 10.6 Å². The van der Waals surface area contributed by atoms with Crippen molar-refractivity contribution in [2.75, 3.05) is 13.2 Å². The fourth-order valence-electron chi connectivity index (χ4n) is 1.48. The molecule has 0 aromatic rings. The van der Waals surface area contributed by atoms with Crippen LogP contribution >= 0.6 is 0 Å². The largest absolute Gasteiger partial charge is 0.376 e. The number of nitrogens with one attached hydrogen (secondary N) is 2. The molecule has 4 heteroatoms. The van der Waals surface area contributed by atoms with Crippen molar-refractivity contribution in [3.05, 3.63) is 0 Å². The molecule has 0 aromatic heterocycles. The van der Waals surface area contributed by atoms with E-state index in [1.54, 1.807) is 0 Å². The van der Waals surface area contributed by atoms with E-state index in [0.717, 1.165) is 32.3 Å². The Morgan fingerprint density at radius 3 is 2.85 bits per heavy atom. The second-order valence-corrected chi connectivity index (χ2v) is 3.76. The van der Waals surface area contributed by atoms with Crippen molar-refractivity contribution < 1.29 is 9.53 Å². The van der Waals surface area contributed by atoms with E-state index in [1.807, 2.05) is 0 Å². The van der Waals surface area contributed by atoms with Gasteiger partial charge in [0.2, 0.25) is 0 Å². The number of carbonyl (C=O) groups is 1. The van der Waals surface area contributed by atoms with Crippen LogP contribution in [0.2, 0.25) is 0 Å². The van der Waals surface area contributed by atoms with Gasteiger partial charge in [0.25, 0.3) is 0 Å². The van der Waals surface area contributed by atoms with Gasteiger partial charge in [-0.3, -0.25) is 0 Å². The average Bonchev–Trinajstić information content (AvgIpc) is 2.78. The Kier molecular flexibility index (Phi) is 2.68. The SMILES string of the molecule is O=C(NC[C@@H]1CCCO1)NC1CC1. The molecule has 1 saturated heterocycles. The number of amides is 2. The monoisotopic (exact) mass is 184 g/mol. The molecule has 13 heavy (non-hydrogen) atoms. The summed E-state index contributed by atoms with van der Waals surface area (Å²) in [6.45, 7) is 1.50. The van der Waals surface area contributed by atoms with Gasteiger partial charge in [0.05, 0.1) is 6.10 Å². The summed E-state index contributed by atoms with van der Waals surface area (Å²) in [4.78, 5) is 11.2. The maximum atomic E-state index is 11.2. The standard InChI is InChI=1S/C9H16N2O2/c12-9(11-7-3-4-7)10-6-8-2-1-5-13-8/h7-8H,1-6H2,(H2,10,11,12)/t8-/m0/s1. The van der Waals surface area contributed by atoms with Gasteiger partial charge in [0.1, 0.15) is 0 Å². The van der Waals surface area contributed by atoms with E-state index in [9.17, 15) is 4.79 Å². The maximum absolute atomic E-state index is 11.2. The normalized spacial score (nSPS) is 27.2. The molecule has 0 unspecified atom stereocenters. The fourth-order valence-corrected chi connectivity index (χ4v) is 1.48. The molecule has 74 valence electrons. The minimum absolute atomic E-state index is 0.0435. The van der Waals surface area contributed by atoms with Crippen molar-refractivity contribution in [3.63, 3.8) is 0 Å². The van der Waals surface area contributed by atoms with Gasteiger partial charge in [-0.1, -0.05) is 0 Å². The molecule has 2 amide bonds. The van der Waals surface area contributed by atoms with Gasteiger partial charge in [-0.25, -0.2) is 4.79 Å². The molecule has 1 aliphatic carbocycles. The van der Waals surface area contributed by atoms with Crippen LogP contribution in [0.5, 0.6) is 0 Å². The second kappa shape index (κ2) is 3.96. The zero-order chi connectivity index (χ0) is 9.10. The van der Waals surface area contributed by atoms with Crippen molar-refractivity contribution in [3.8, 4) is 0 Å². The Labute approximate surface area is 78.0 Å². The molecule has 2 aliphatic rings. The van der Waals surface area contributed by atoms with E-state index < -0.39 is 0 Å². The number of rotatable bonds is 3. The Balaban J connectivity index is 1.57. The van der Waals surface area contributed by atoms with Gasteiger partial charge < -0.3 is 15.4 Å². The molecule has 4 nitrogen and oxygen atoms in total. The number of hydrogen-bond donors (Lipinski definition) is 2. The molecule has 1 saturated carbocycles. The summed E-state index contributed by atoms with van der Waals surface area (Å²) >= 11 is 0. The Bertz CT molecular complexity index is 186. The molecule has 2 fully saturated rings. The van der Waals surface area contributed by atoms with Crippen LogP contribution in [0, 0.1) is 0 Å². The van der Waals surface area contributed by atoms with Crippen LogP contribution in [0.15, 0.2) is 0 Å². The smallest absolute Gasteiger partial charge is 0.315 e. The fraction of sp³-hybridized carbons (Fsp3) is 0.889. The van der Waals surface area contributed by atoms with E-state index in [1.165, 1.54) is 0 Å². The van der Waals surface area contributed by atoms with Gasteiger partial charge in [-0.15, -0.1) is 0 Å². The first-order valence-electron chi connectivity index (χ1n) is 5.00. The topological polar surface area (TPSA) is 50.4 Å². The van der Waals surface area contributed by atoms with Crippen LogP contribution in [0.25, 0.3) is 0 Å². The van der Waals surface area contributed by atoms with Crippen LogP contribution in [0.1, 0.15) is 25.7 Å². The van der Waals surface area contributed by atoms with Crippen molar-refractivity contribution in [1.82, 2.24) is 10.6 Å². The first-order chi connectivity index (χ1) is 6.34. The minimum Gasteiger partial charge on any atom is -0.376 e. The first-order valence-corrected chi connectivity index (χ1v) is 5.00. The molecular weight excluding hydrogens is 168 g/mol. The lowest BCUT2D eigenvalue weighted by Gasteiger charge is -2.10. The van der Waals surface area contributed by atoms with Gasteiger partial charge in [0, 0.05) is 19.2 Å². The predicted octanol–water partition coefficient (Wildman–Crippen LogP) is 0.627. The van der Waals surface area contributed by atoms with E-state index in [-0.39, 0.29) is 12.1 Å². The van der Waals surface area contributed by atoms with Crippen LogP contribution in [-0.4, -0.2) is 31.3 Å². The molecule has 2 rings (SSSR count). The molecular formula is C9H16N2O2. The highest BCUT2D eigenvalue weighted by molar-refractivity contribution is 5.74. The third-order valence-corrected chi connectivity index (χ3v) is 2.43. The average molecular weight is 184 g/mol. The number of hydrogen-bond acceptors (Lipinski definition) is 2. The number of ether oxygens (including phenoxy) is 1. The molecule has 0 aromatic carbocycles. The zero-order valence-corrected chi connectivity index (χ0v) is 7.71. The summed E-state index contributed by atoms with van der Waals surface area (Å²) in [5, 5.41) is 5.69. The Morgan fingerprint density at radius 2 is 2.23 bits per heavy atom. The summed E-state index contributed by atoms with van der Waals surface area (Å²) in [6, 6.07) is 0.391. The van der Waals surface area contributed by atoms with Crippen molar-refractivity contribution in [2.24, 2.45) is 0 Å². The van der Waals surface area contributed by atoms with Crippen LogP contribution in [0.3, 0.4) is 0 Å². The molecule has 1 aliphatic heterocycles. The lowest BCUT2D eigenvalue weighted by atomic mass is 10.2. The highest BCUT2D eigenvalue weighted by atomic mass is 16.5. The van der Waals surface area contributed by atoms with Gasteiger partial charge in [0.15, 0.2) is 0 Å². The number of carbonyl (C=O) groups excluding carboxylic acids is 1. The highest BCUT2D eigenvalue weighted by Crippen LogP contribution is 2.18. The van der Waals surface area contributed by atoms with E-state index >= 15 is 0 Å². The zero-order valence-electron chi connectivity index (χ0n) is 7.71. The summed E-state index contributed by atoms with van der Waals surface area (Å²) in [5.74, 6) is 0. The molecule has 0 radical (unpaired) electrons. The number of urea groups is 1. The molecule has 0 bridgehead atoms. The molecule has 2 N–H and O–H groups in total. The van der Waals surface area contributed by atoms with Crippen molar-refractivity contribution in [1.29, 1.82) is 0 Å². The van der Waals surface area contributed by atoms with Crippen molar-refractivity contribution in [2.45, 2.75) is 37.8 Å². The van der Waals surface area contributed by atoms with Crippen LogP contribution in [0.4, 0.5) is 4.79 Å². The Morgan fingerprint density at radius 1 is 1.38 bits per heavy atom. The van der Waals surface area contributed by atoms with E-state index in [2.05, 4.69) is 10.6 Å². The van der Waals surface area contributed by atoms with Gasteiger partial charge in [-0.05, 0) is 25.7 Å². The minimum atomic E-state index is -0.0435. The van der Waals surface area contributed by atoms with Gasteiger partial charge in [-0.2, -0.15) is 0 Å². The third-order valence-electron chi connectivity index (χ3n) is 2.43. The summed E-state index contributed by atoms with van der Waals surface area (Å²) in [6.07, 6.45) is 4.70.